The fraction of sp³-hybridized carbons (Fsp3) is 0.750. The van der Waals surface area contributed by atoms with E-state index in [1.807, 2.05) is 18.0 Å². The smallest absolute Gasteiger partial charge is 0.0522 e. The minimum Gasteiger partial charge on any atom is -0.311 e. The van der Waals surface area contributed by atoms with Gasteiger partial charge in [-0.1, -0.05) is 13.8 Å². The predicted octanol–water partition coefficient (Wildman–Crippen LogP) is 2.53. The molecule has 0 bridgehead atoms. The maximum absolute atomic E-state index is 4.36. The van der Waals surface area contributed by atoms with E-state index in [1.165, 1.54) is 30.0 Å². The molecule has 1 heterocycles. The number of aryl methyl sites for hydroxylation is 1. The zero-order chi connectivity index (χ0) is 11.6. The second-order valence-electron chi connectivity index (χ2n) is 3.77. The van der Waals surface area contributed by atoms with Gasteiger partial charge in [0.2, 0.25) is 0 Å². The molecule has 0 aliphatic heterocycles. The summed E-state index contributed by atoms with van der Waals surface area (Å²) in [6.07, 6.45) is 4.29. The van der Waals surface area contributed by atoms with E-state index in [0.29, 0.717) is 0 Å². The maximum atomic E-state index is 4.36. The molecule has 0 aromatic carbocycles. The summed E-state index contributed by atoms with van der Waals surface area (Å²) in [4.78, 5) is 0. The number of nitrogens with zero attached hydrogens (tertiary/aromatic N) is 2. The monoisotopic (exact) mass is 241 g/mol. The highest BCUT2D eigenvalue weighted by atomic mass is 32.2. The average Bonchev–Trinajstić information content (AvgIpc) is 2.73. The Bertz CT molecular complexity index is 273. The quantitative estimate of drug-likeness (QED) is 0.674. The summed E-state index contributed by atoms with van der Waals surface area (Å²) in [5.41, 5.74) is 1.30. The first-order chi connectivity index (χ1) is 7.88. The fourth-order valence-electron chi connectivity index (χ4n) is 1.57. The molecule has 0 aliphatic carbocycles. The van der Waals surface area contributed by atoms with Gasteiger partial charge in [0.1, 0.15) is 0 Å². The van der Waals surface area contributed by atoms with Crippen molar-refractivity contribution in [3.05, 3.63) is 18.0 Å². The van der Waals surface area contributed by atoms with E-state index in [4.69, 9.17) is 0 Å². The number of rotatable bonds is 9. The Morgan fingerprint density at radius 3 is 3.06 bits per heavy atom. The van der Waals surface area contributed by atoms with Crippen molar-refractivity contribution < 1.29 is 0 Å². The summed E-state index contributed by atoms with van der Waals surface area (Å²) < 4.78 is 2.12. The zero-order valence-corrected chi connectivity index (χ0v) is 11.2. The number of nitrogens with one attached hydrogen (secondary N) is 1. The Kier molecular flexibility index (Phi) is 7.34. The molecule has 4 heteroatoms. The maximum Gasteiger partial charge on any atom is 0.0522 e. The Morgan fingerprint density at radius 2 is 2.31 bits per heavy atom. The van der Waals surface area contributed by atoms with Crippen LogP contribution in [0.25, 0.3) is 0 Å². The first-order valence-electron chi connectivity index (χ1n) is 6.17. The van der Waals surface area contributed by atoms with E-state index in [0.717, 1.165) is 19.6 Å². The van der Waals surface area contributed by atoms with Crippen molar-refractivity contribution >= 4 is 11.8 Å². The van der Waals surface area contributed by atoms with E-state index in [2.05, 4.69) is 35.0 Å². The Morgan fingerprint density at radius 1 is 1.44 bits per heavy atom. The minimum atomic E-state index is 0.939. The number of thioether (sulfide) groups is 1. The summed E-state index contributed by atoms with van der Waals surface area (Å²) in [5, 5.41) is 7.77. The van der Waals surface area contributed by atoms with Crippen molar-refractivity contribution in [1.29, 1.82) is 0 Å². The van der Waals surface area contributed by atoms with Crippen LogP contribution in [0, 0.1) is 0 Å². The highest BCUT2D eigenvalue weighted by Crippen LogP contribution is 2.05. The first-order valence-corrected chi connectivity index (χ1v) is 7.33. The normalized spacial score (nSPS) is 10.9. The van der Waals surface area contributed by atoms with Crippen LogP contribution in [0.2, 0.25) is 0 Å². The third kappa shape index (κ3) is 5.03. The van der Waals surface area contributed by atoms with Gasteiger partial charge in [0.05, 0.1) is 5.69 Å². The summed E-state index contributed by atoms with van der Waals surface area (Å²) in [6.45, 7) is 7.46. The van der Waals surface area contributed by atoms with Gasteiger partial charge in [-0.2, -0.15) is 16.9 Å². The average molecular weight is 241 g/mol. The molecule has 16 heavy (non-hydrogen) atoms. The van der Waals surface area contributed by atoms with Crippen LogP contribution in [0.15, 0.2) is 12.3 Å². The van der Waals surface area contributed by atoms with E-state index < -0.39 is 0 Å². The van der Waals surface area contributed by atoms with Crippen LogP contribution in [0.5, 0.6) is 0 Å². The van der Waals surface area contributed by atoms with Gasteiger partial charge < -0.3 is 5.32 Å². The Labute approximate surface area is 103 Å². The third-order valence-corrected chi connectivity index (χ3v) is 3.39. The molecule has 0 unspecified atom stereocenters. The van der Waals surface area contributed by atoms with Gasteiger partial charge in [-0.25, -0.2) is 0 Å². The predicted molar refractivity (Wildman–Crippen MR) is 71.8 cm³/mol. The topological polar surface area (TPSA) is 29.9 Å². The van der Waals surface area contributed by atoms with Crippen LogP contribution in [-0.2, 0) is 13.1 Å². The Balaban J connectivity index is 2.26. The molecule has 1 rings (SSSR count). The molecule has 0 amide bonds. The zero-order valence-electron chi connectivity index (χ0n) is 10.4. The summed E-state index contributed by atoms with van der Waals surface area (Å²) in [5.74, 6) is 2.45. The number of hydrogen-bond donors (Lipinski definition) is 1. The summed E-state index contributed by atoms with van der Waals surface area (Å²) >= 11 is 2.00. The lowest BCUT2D eigenvalue weighted by atomic mass is 10.4. The van der Waals surface area contributed by atoms with Crippen molar-refractivity contribution in [1.82, 2.24) is 15.1 Å². The van der Waals surface area contributed by atoms with Crippen LogP contribution < -0.4 is 5.32 Å². The van der Waals surface area contributed by atoms with E-state index >= 15 is 0 Å². The molecule has 0 saturated heterocycles. The lowest BCUT2D eigenvalue weighted by Crippen LogP contribution is -2.17. The van der Waals surface area contributed by atoms with Crippen molar-refractivity contribution in [2.75, 3.05) is 18.1 Å². The van der Waals surface area contributed by atoms with Gasteiger partial charge >= 0.3 is 0 Å². The molecule has 92 valence electrons. The highest BCUT2D eigenvalue weighted by molar-refractivity contribution is 7.99. The van der Waals surface area contributed by atoms with E-state index in [1.54, 1.807) is 0 Å². The van der Waals surface area contributed by atoms with Crippen LogP contribution in [-0.4, -0.2) is 27.8 Å². The van der Waals surface area contributed by atoms with Crippen molar-refractivity contribution in [3.8, 4) is 0 Å². The third-order valence-electron chi connectivity index (χ3n) is 2.40. The second kappa shape index (κ2) is 8.65. The molecular weight excluding hydrogens is 218 g/mol. The van der Waals surface area contributed by atoms with Crippen LogP contribution in [0.1, 0.15) is 32.4 Å². The van der Waals surface area contributed by atoms with Crippen molar-refractivity contribution in [2.45, 2.75) is 39.8 Å². The Hall–Kier alpha value is -0.480. The molecule has 1 aromatic heterocycles. The number of hydrogen-bond acceptors (Lipinski definition) is 3. The van der Waals surface area contributed by atoms with Crippen LogP contribution in [0.3, 0.4) is 0 Å². The molecule has 0 fully saturated rings. The first kappa shape index (κ1) is 13.6. The molecule has 1 aromatic rings. The molecule has 3 nitrogen and oxygen atoms in total. The van der Waals surface area contributed by atoms with Gasteiger partial charge in [0, 0.05) is 19.3 Å². The lowest BCUT2D eigenvalue weighted by Gasteiger charge is -2.07. The standard InChI is InChI=1S/C12H23N3S/c1-3-7-13-11-12-6-8-14-15(12)9-5-10-16-4-2/h6,8,13H,3-5,7,9-11H2,1-2H3. The number of aromatic nitrogens is 2. The molecular formula is C12H23N3S. The van der Waals surface area contributed by atoms with Crippen molar-refractivity contribution in [3.63, 3.8) is 0 Å². The molecule has 1 N–H and O–H groups in total. The fourth-order valence-corrected chi connectivity index (χ4v) is 2.19. The molecule has 0 saturated carbocycles. The summed E-state index contributed by atoms with van der Waals surface area (Å²) in [6, 6.07) is 2.11. The largest absolute Gasteiger partial charge is 0.311 e. The molecule has 0 radical (unpaired) electrons. The van der Waals surface area contributed by atoms with Gasteiger partial charge in [-0.15, -0.1) is 0 Å². The molecule has 0 aliphatic rings. The molecule has 0 atom stereocenters. The van der Waals surface area contributed by atoms with E-state index in [9.17, 15) is 0 Å². The van der Waals surface area contributed by atoms with Crippen LogP contribution in [0.4, 0.5) is 0 Å². The van der Waals surface area contributed by atoms with Gasteiger partial charge in [-0.05, 0) is 37.0 Å². The van der Waals surface area contributed by atoms with Crippen LogP contribution >= 0.6 is 11.8 Å². The van der Waals surface area contributed by atoms with Gasteiger partial charge in [0.15, 0.2) is 0 Å². The minimum absolute atomic E-state index is 0.939. The summed E-state index contributed by atoms with van der Waals surface area (Å²) in [7, 11) is 0. The van der Waals surface area contributed by atoms with E-state index in [-0.39, 0.29) is 0 Å². The second-order valence-corrected chi connectivity index (χ2v) is 5.17. The van der Waals surface area contributed by atoms with Crippen molar-refractivity contribution in [2.24, 2.45) is 0 Å². The SMILES string of the molecule is CCCNCc1ccnn1CCCSCC. The van der Waals surface area contributed by atoms with Gasteiger partial charge in [-0.3, -0.25) is 4.68 Å². The molecule has 0 spiro atoms. The van der Waals surface area contributed by atoms with Gasteiger partial charge in [0.25, 0.3) is 0 Å². The highest BCUT2D eigenvalue weighted by Gasteiger charge is 2.01. The lowest BCUT2D eigenvalue weighted by molar-refractivity contribution is 0.551.